The Balaban J connectivity index is 1.13. The Bertz CT molecular complexity index is 3830. The summed E-state index contributed by atoms with van der Waals surface area (Å²) in [7, 11) is 0. The van der Waals surface area contributed by atoms with Crippen molar-refractivity contribution in [3.8, 4) is 28.3 Å². The fourth-order valence-corrected chi connectivity index (χ4v) is 9.90. The van der Waals surface area contributed by atoms with Crippen LogP contribution in [0, 0.1) is 0 Å². The molecule has 9 aromatic carbocycles. The molecule has 0 atom stereocenters. The third kappa shape index (κ3) is 4.57. The first kappa shape index (κ1) is 32.2. The molecule has 4 heterocycles. The molecule has 13 aromatic rings. The van der Waals surface area contributed by atoms with Gasteiger partial charge in [-0.05, 0) is 78.2 Å². The zero-order chi connectivity index (χ0) is 38.6. The van der Waals surface area contributed by atoms with Gasteiger partial charge in [0.2, 0.25) is 0 Å². The molecular weight excluding hydrogens is 717 g/mol. The fraction of sp³-hybridized carbons (Fsp3) is 0. The number of hydrogen-bond donors (Lipinski definition) is 0. The number of fused-ring (bicyclic) bond motifs is 13. The molecule has 0 aliphatic heterocycles. The van der Waals surface area contributed by atoms with E-state index in [0.717, 1.165) is 50.1 Å². The van der Waals surface area contributed by atoms with E-state index in [9.17, 15) is 0 Å². The molecule has 4 nitrogen and oxygen atoms in total. The van der Waals surface area contributed by atoms with Crippen molar-refractivity contribution in [2.45, 2.75) is 0 Å². The van der Waals surface area contributed by atoms with E-state index in [4.69, 9.17) is 4.98 Å². The number of nitrogens with zero attached hydrogens (tertiary/aromatic N) is 4. The first-order valence-electron chi connectivity index (χ1n) is 20.2. The lowest BCUT2D eigenvalue weighted by Gasteiger charge is -2.15. The van der Waals surface area contributed by atoms with E-state index in [0.29, 0.717) is 0 Å². The van der Waals surface area contributed by atoms with Crippen LogP contribution in [0.5, 0.6) is 0 Å². The van der Waals surface area contributed by atoms with Gasteiger partial charge in [-0.1, -0.05) is 133 Å². The van der Waals surface area contributed by atoms with Gasteiger partial charge in [-0.3, -0.25) is 0 Å². The van der Waals surface area contributed by atoms with Crippen molar-refractivity contribution in [1.82, 2.24) is 18.7 Å². The van der Waals surface area contributed by atoms with Crippen LogP contribution in [-0.4, -0.2) is 18.7 Å². The lowest BCUT2D eigenvalue weighted by Crippen LogP contribution is -1.99. The predicted molar refractivity (Wildman–Crippen MR) is 248 cm³/mol. The van der Waals surface area contributed by atoms with Gasteiger partial charge >= 0.3 is 0 Å². The highest BCUT2D eigenvalue weighted by Gasteiger charge is 2.22. The van der Waals surface area contributed by atoms with Crippen LogP contribution in [0.2, 0.25) is 0 Å². The lowest BCUT2D eigenvalue weighted by molar-refractivity contribution is 1.15. The molecule has 0 aliphatic rings. The Kier molecular flexibility index (Phi) is 6.69. The van der Waals surface area contributed by atoms with Gasteiger partial charge in [-0.25, -0.2) is 4.98 Å². The van der Waals surface area contributed by atoms with Crippen molar-refractivity contribution in [1.29, 1.82) is 0 Å². The van der Waals surface area contributed by atoms with Crippen LogP contribution in [0.1, 0.15) is 0 Å². The normalized spacial score (nSPS) is 12.1. The minimum atomic E-state index is 0.969. The number of benzene rings is 9. The van der Waals surface area contributed by atoms with Gasteiger partial charge in [-0.15, -0.1) is 0 Å². The second-order valence-electron chi connectivity index (χ2n) is 15.5. The van der Waals surface area contributed by atoms with Crippen molar-refractivity contribution in [2.75, 3.05) is 0 Å². The molecule has 274 valence electrons. The van der Waals surface area contributed by atoms with Crippen molar-refractivity contribution in [3.63, 3.8) is 0 Å². The topological polar surface area (TPSA) is 27.7 Å². The van der Waals surface area contributed by atoms with Gasteiger partial charge in [0.25, 0.3) is 0 Å². The molecule has 0 spiro atoms. The first-order chi connectivity index (χ1) is 29.3. The van der Waals surface area contributed by atoms with Gasteiger partial charge in [0, 0.05) is 65.7 Å². The van der Waals surface area contributed by atoms with Crippen molar-refractivity contribution in [3.05, 3.63) is 206 Å². The maximum Gasteiger partial charge on any atom is 0.0789 e. The summed E-state index contributed by atoms with van der Waals surface area (Å²) in [6.07, 6.45) is 0. The highest BCUT2D eigenvalue weighted by atomic mass is 15.0. The average molecular weight is 751 g/mol. The monoisotopic (exact) mass is 750 g/mol. The maximum atomic E-state index is 5.49. The summed E-state index contributed by atoms with van der Waals surface area (Å²) in [4.78, 5) is 5.49. The molecule has 0 aliphatic carbocycles. The Hall–Kier alpha value is -7.95. The summed E-state index contributed by atoms with van der Waals surface area (Å²) in [5, 5.41) is 10.9. The van der Waals surface area contributed by atoms with Crippen LogP contribution in [0.4, 0.5) is 0 Å². The third-order valence-corrected chi connectivity index (χ3v) is 12.4. The Morgan fingerprint density at radius 1 is 0.271 bits per heavy atom. The third-order valence-electron chi connectivity index (χ3n) is 12.4. The molecular formula is C55H34N4. The van der Waals surface area contributed by atoms with Gasteiger partial charge in [-0.2, -0.15) is 0 Å². The molecule has 0 bridgehead atoms. The highest BCUT2D eigenvalue weighted by Crippen LogP contribution is 2.44. The van der Waals surface area contributed by atoms with Crippen LogP contribution < -0.4 is 0 Å². The molecule has 0 radical (unpaired) electrons. The van der Waals surface area contributed by atoms with Crippen molar-refractivity contribution in [2.24, 2.45) is 0 Å². The number of pyridine rings is 1. The molecule has 59 heavy (non-hydrogen) atoms. The Morgan fingerprint density at radius 3 is 1.41 bits per heavy atom. The number of para-hydroxylation sites is 6. The van der Waals surface area contributed by atoms with Gasteiger partial charge in [0.15, 0.2) is 0 Å². The minimum absolute atomic E-state index is 0.969. The largest absolute Gasteiger partial charge is 0.309 e. The first-order valence-corrected chi connectivity index (χ1v) is 20.2. The van der Waals surface area contributed by atoms with Crippen molar-refractivity contribution < 1.29 is 0 Å². The lowest BCUT2D eigenvalue weighted by atomic mass is 9.97. The van der Waals surface area contributed by atoms with E-state index in [1.54, 1.807) is 0 Å². The molecule has 0 N–H and O–H groups in total. The second-order valence-corrected chi connectivity index (χ2v) is 15.5. The van der Waals surface area contributed by atoms with Gasteiger partial charge in [0.05, 0.1) is 44.3 Å². The highest BCUT2D eigenvalue weighted by molar-refractivity contribution is 6.24. The zero-order valence-electron chi connectivity index (χ0n) is 31.9. The van der Waals surface area contributed by atoms with Crippen LogP contribution in [0.25, 0.3) is 115 Å². The number of rotatable bonds is 4. The summed E-state index contributed by atoms with van der Waals surface area (Å²) in [5.41, 5.74) is 13.5. The summed E-state index contributed by atoms with van der Waals surface area (Å²) >= 11 is 0. The van der Waals surface area contributed by atoms with Crippen LogP contribution in [0.15, 0.2) is 206 Å². The second kappa shape index (κ2) is 12.3. The predicted octanol–water partition coefficient (Wildman–Crippen LogP) is 14.3. The SMILES string of the molecule is c1ccc(-n2c3ccccc3c3cc4c(cc32)c(-c2cccc(-n3c5ccccc5c5ccc6c7ccccc7n(-c7ccccc7)c6c53)c2)nc2ccccc24)cc1. The molecule has 0 amide bonds. The minimum Gasteiger partial charge on any atom is -0.309 e. The molecule has 4 aromatic heterocycles. The molecule has 0 saturated heterocycles. The van der Waals surface area contributed by atoms with Gasteiger partial charge < -0.3 is 13.7 Å². The van der Waals surface area contributed by atoms with Crippen LogP contribution >= 0.6 is 0 Å². The molecule has 0 unspecified atom stereocenters. The molecule has 0 saturated carbocycles. The summed E-state index contributed by atoms with van der Waals surface area (Å²) in [6.45, 7) is 0. The van der Waals surface area contributed by atoms with E-state index in [1.165, 1.54) is 65.3 Å². The molecule has 13 rings (SSSR count). The molecule has 4 heteroatoms. The van der Waals surface area contributed by atoms with Crippen LogP contribution in [0.3, 0.4) is 0 Å². The van der Waals surface area contributed by atoms with E-state index < -0.39 is 0 Å². The van der Waals surface area contributed by atoms with E-state index in [2.05, 4.69) is 220 Å². The fourth-order valence-electron chi connectivity index (χ4n) is 9.90. The summed E-state index contributed by atoms with van der Waals surface area (Å²) < 4.78 is 7.32. The summed E-state index contributed by atoms with van der Waals surface area (Å²) in [6, 6.07) is 74.8. The summed E-state index contributed by atoms with van der Waals surface area (Å²) in [5.74, 6) is 0. The van der Waals surface area contributed by atoms with Crippen LogP contribution in [-0.2, 0) is 0 Å². The van der Waals surface area contributed by atoms with Gasteiger partial charge in [0.1, 0.15) is 0 Å². The van der Waals surface area contributed by atoms with E-state index in [-0.39, 0.29) is 0 Å². The standard InChI is InChI=1S/C55H34N4/c1-3-17-36(18-4-1)57-49-27-12-10-25-42(49)46-33-45-39-22-7-11-26-48(39)56-53(47(45)34-52(46)57)35-16-15-21-38(32-35)59-51-29-14-9-24-41(51)44-31-30-43-40-23-8-13-28-50(40)58(54(43)55(44)59)37-19-5-2-6-20-37/h1-34H. The van der Waals surface area contributed by atoms with E-state index >= 15 is 0 Å². The number of aromatic nitrogens is 4. The Labute approximate surface area is 339 Å². The smallest absolute Gasteiger partial charge is 0.0789 e. The maximum absolute atomic E-state index is 5.49. The Morgan fingerprint density at radius 2 is 0.763 bits per heavy atom. The average Bonchev–Trinajstić information content (AvgIpc) is 3.94. The van der Waals surface area contributed by atoms with E-state index in [1.807, 2.05) is 0 Å². The molecule has 0 fully saturated rings. The number of hydrogen-bond acceptors (Lipinski definition) is 1. The zero-order valence-corrected chi connectivity index (χ0v) is 31.9. The van der Waals surface area contributed by atoms with Crippen molar-refractivity contribution >= 4 is 87.1 Å². The quantitative estimate of drug-likeness (QED) is 0.165.